The first-order chi connectivity index (χ1) is 18.2. The lowest BCUT2D eigenvalue weighted by Gasteiger charge is -2.41. The van der Waals surface area contributed by atoms with Gasteiger partial charge in [-0.3, -0.25) is 14.4 Å². The van der Waals surface area contributed by atoms with Gasteiger partial charge in [-0.2, -0.15) is 0 Å². The number of aliphatic carboxylic acids is 2. The minimum atomic E-state index is -1.76. The lowest BCUT2D eigenvalue weighted by Crippen LogP contribution is -2.56. The number of carbonyl (C=O) groups is 3. The average Bonchev–Trinajstić information content (AvgIpc) is 2.89. The summed E-state index contributed by atoms with van der Waals surface area (Å²) >= 11 is 0. The van der Waals surface area contributed by atoms with Gasteiger partial charge >= 0.3 is 11.9 Å². The molecule has 4 rings (SSSR count). The minimum absolute atomic E-state index is 0.147. The highest BCUT2D eigenvalue weighted by atomic mass is 16.4. The molecule has 4 N–H and O–H groups in total. The number of benzene rings is 2. The predicted octanol–water partition coefficient (Wildman–Crippen LogP) is 4.20. The van der Waals surface area contributed by atoms with Crippen molar-refractivity contribution >= 4 is 23.5 Å². The number of carboxylic acid groups (broad SMARTS) is 2. The van der Waals surface area contributed by atoms with Crippen molar-refractivity contribution in [2.75, 3.05) is 25.0 Å². The molecule has 1 amide bonds. The third-order valence-electron chi connectivity index (χ3n) is 7.87. The van der Waals surface area contributed by atoms with Crippen LogP contribution in [0, 0.1) is 5.92 Å². The van der Waals surface area contributed by atoms with E-state index in [1.54, 1.807) is 38.1 Å². The zero-order valence-corrected chi connectivity index (χ0v) is 22.0. The van der Waals surface area contributed by atoms with E-state index in [0.717, 1.165) is 38.9 Å². The van der Waals surface area contributed by atoms with Crippen LogP contribution in [-0.2, 0) is 19.8 Å². The van der Waals surface area contributed by atoms with Crippen LogP contribution in [0.5, 0.6) is 0 Å². The Kier molecular flexibility index (Phi) is 8.52. The van der Waals surface area contributed by atoms with Gasteiger partial charge in [0.2, 0.25) is 5.91 Å². The molecule has 2 aliphatic heterocycles. The number of carbonyl (C=O) groups excluding carboxylic acids is 1. The minimum Gasteiger partial charge on any atom is -0.481 e. The van der Waals surface area contributed by atoms with E-state index in [2.05, 4.69) is 39.8 Å². The summed E-state index contributed by atoms with van der Waals surface area (Å²) in [5.74, 6) is -3.21. The average molecular weight is 520 g/mol. The number of allylic oxidation sites excluding steroid dienone is 1. The lowest BCUT2D eigenvalue weighted by atomic mass is 9.65. The van der Waals surface area contributed by atoms with Gasteiger partial charge in [-0.25, -0.2) is 0 Å². The van der Waals surface area contributed by atoms with Gasteiger partial charge in [-0.15, -0.1) is 0 Å². The number of rotatable bonds is 9. The van der Waals surface area contributed by atoms with Crippen molar-refractivity contribution < 1.29 is 24.6 Å². The van der Waals surface area contributed by atoms with E-state index in [-0.39, 0.29) is 5.91 Å². The van der Waals surface area contributed by atoms with E-state index in [9.17, 15) is 24.6 Å². The van der Waals surface area contributed by atoms with Crippen LogP contribution < -0.4 is 10.6 Å². The van der Waals surface area contributed by atoms with Gasteiger partial charge in [0.1, 0.15) is 11.3 Å². The van der Waals surface area contributed by atoms with Crippen molar-refractivity contribution in [3.63, 3.8) is 0 Å². The van der Waals surface area contributed by atoms with E-state index >= 15 is 0 Å². The molecule has 8 heteroatoms. The van der Waals surface area contributed by atoms with Gasteiger partial charge in [0, 0.05) is 23.8 Å². The molecule has 2 heterocycles. The lowest BCUT2D eigenvalue weighted by molar-refractivity contribution is -0.155. The fourth-order valence-corrected chi connectivity index (χ4v) is 6.06. The largest absolute Gasteiger partial charge is 0.481 e. The Hall–Kier alpha value is -3.65. The highest BCUT2D eigenvalue weighted by molar-refractivity contribution is 5.94. The molecule has 8 nitrogen and oxygen atoms in total. The fraction of sp³-hybridized carbons (Fsp3) is 0.433. The van der Waals surface area contributed by atoms with Gasteiger partial charge in [0.05, 0.1) is 0 Å². The smallest absolute Gasteiger partial charge is 0.319 e. The maximum Gasteiger partial charge on any atom is 0.319 e. The van der Waals surface area contributed by atoms with Crippen molar-refractivity contribution in [1.29, 1.82) is 0 Å². The maximum atomic E-state index is 12.7. The Morgan fingerprint density at radius 2 is 1.76 bits per heavy atom. The Morgan fingerprint density at radius 1 is 1.05 bits per heavy atom. The van der Waals surface area contributed by atoms with Crippen LogP contribution in [0.3, 0.4) is 0 Å². The number of nitrogens with one attached hydrogen (secondary N) is 2. The maximum absolute atomic E-state index is 12.7. The molecule has 38 heavy (non-hydrogen) atoms. The van der Waals surface area contributed by atoms with Crippen molar-refractivity contribution in [3.05, 3.63) is 77.5 Å². The summed E-state index contributed by atoms with van der Waals surface area (Å²) < 4.78 is 0. The zero-order valence-electron chi connectivity index (χ0n) is 22.0. The van der Waals surface area contributed by atoms with Crippen LogP contribution >= 0.6 is 0 Å². The molecule has 1 saturated heterocycles. The Balaban J connectivity index is 1.35. The second-order valence-corrected chi connectivity index (χ2v) is 10.5. The number of piperidine rings is 1. The predicted molar refractivity (Wildman–Crippen MR) is 146 cm³/mol. The molecule has 3 unspecified atom stereocenters. The fourth-order valence-electron chi connectivity index (χ4n) is 6.06. The number of carboxylic acids is 2. The summed E-state index contributed by atoms with van der Waals surface area (Å²) in [6.45, 7) is 6.29. The van der Waals surface area contributed by atoms with Gasteiger partial charge < -0.3 is 25.7 Å². The van der Waals surface area contributed by atoms with Crippen LogP contribution in [0.2, 0.25) is 0 Å². The standard InChI is InChI=1S/C30H37N3O5/c1-20-19-30(29(37)38,27(28(35)36)21(2)31-20)24-10-6-11-25(18-24)32-26(34)12-7-15-33-16-13-23(14-17-33)22-8-4-3-5-9-22/h3-6,8-11,18-19,21,23,27,31H,7,12-17H2,1-2H3,(H,32,34)(H,35,36)(H,37,38). The van der Waals surface area contributed by atoms with Crippen LogP contribution in [0.1, 0.15) is 56.6 Å². The van der Waals surface area contributed by atoms with Crippen LogP contribution in [0.15, 0.2) is 66.4 Å². The van der Waals surface area contributed by atoms with E-state index in [1.165, 1.54) is 11.6 Å². The molecule has 202 valence electrons. The Bertz CT molecular complexity index is 1190. The van der Waals surface area contributed by atoms with E-state index in [4.69, 9.17) is 0 Å². The van der Waals surface area contributed by atoms with Gasteiger partial charge in [0.25, 0.3) is 0 Å². The van der Waals surface area contributed by atoms with Crippen LogP contribution in [0.25, 0.3) is 0 Å². The highest BCUT2D eigenvalue weighted by Crippen LogP contribution is 2.41. The molecular weight excluding hydrogens is 482 g/mol. The molecule has 2 aromatic rings. The van der Waals surface area contributed by atoms with Crippen molar-refractivity contribution in [1.82, 2.24) is 10.2 Å². The Labute approximate surface area is 223 Å². The molecule has 0 spiro atoms. The quantitative estimate of drug-likeness (QED) is 0.392. The molecule has 0 bridgehead atoms. The number of hydrogen-bond donors (Lipinski definition) is 4. The first kappa shape index (κ1) is 27.4. The number of amides is 1. The van der Waals surface area contributed by atoms with E-state index < -0.39 is 29.3 Å². The Morgan fingerprint density at radius 3 is 2.42 bits per heavy atom. The summed E-state index contributed by atoms with van der Waals surface area (Å²) in [4.78, 5) is 39.9. The summed E-state index contributed by atoms with van der Waals surface area (Å²) in [6, 6.07) is 16.6. The molecule has 3 atom stereocenters. The molecule has 1 fully saturated rings. The van der Waals surface area contributed by atoms with Crippen molar-refractivity contribution in [2.24, 2.45) is 5.92 Å². The first-order valence-electron chi connectivity index (χ1n) is 13.3. The third-order valence-corrected chi connectivity index (χ3v) is 7.87. The molecule has 2 aromatic carbocycles. The second kappa shape index (κ2) is 11.8. The number of hydrogen-bond acceptors (Lipinski definition) is 5. The van der Waals surface area contributed by atoms with Gasteiger partial charge in [-0.05, 0) is 88.0 Å². The number of anilines is 1. The molecular formula is C30H37N3O5. The summed E-state index contributed by atoms with van der Waals surface area (Å²) in [5, 5.41) is 26.1. The van der Waals surface area contributed by atoms with Crippen LogP contribution in [-0.4, -0.2) is 58.6 Å². The van der Waals surface area contributed by atoms with Gasteiger partial charge in [-0.1, -0.05) is 42.5 Å². The topological polar surface area (TPSA) is 119 Å². The van der Waals surface area contributed by atoms with E-state index in [1.807, 2.05) is 6.07 Å². The monoisotopic (exact) mass is 519 g/mol. The summed E-state index contributed by atoms with van der Waals surface area (Å²) in [5.41, 5.74) is 1.02. The molecule has 0 saturated carbocycles. The number of nitrogens with zero attached hydrogens (tertiary/aromatic N) is 1. The van der Waals surface area contributed by atoms with Gasteiger partial charge in [0.15, 0.2) is 0 Å². The van der Waals surface area contributed by atoms with Crippen molar-refractivity contribution in [3.8, 4) is 0 Å². The molecule has 0 aromatic heterocycles. The third kappa shape index (κ3) is 5.91. The van der Waals surface area contributed by atoms with E-state index in [0.29, 0.717) is 29.3 Å². The molecule has 2 aliphatic rings. The normalized spacial score (nSPS) is 24.2. The van der Waals surface area contributed by atoms with Crippen LogP contribution in [0.4, 0.5) is 5.69 Å². The SMILES string of the molecule is CC1=CC(C(=O)O)(c2cccc(NC(=O)CCCN3CCC(c4ccccc4)CC3)c2)C(C(=O)O)C(C)N1. The first-order valence-corrected chi connectivity index (χ1v) is 13.3. The number of likely N-dealkylation sites (tertiary alicyclic amines) is 1. The molecule has 0 aliphatic carbocycles. The summed E-state index contributed by atoms with van der Waals surface area (Å²) in [6.07, 6.45) is 4.79. The second-order valence-electron chi connectivity index (χ2n) is 10.5. The summed E-state index contributed by atoms with van der Waals surface area (Å²) in [7, 11) is 0. The van der Waals surface area contributed by atoms with Crippen molar-refractivity contribution in [2.45, 2.75) is 56.9 Å². The zero-order chi connectivity index (χ0) is 27.3. The highest BCUT2D eigenvalue weighted by Gasteiger charge is 2.54. The molecule has 0 radical (unpaired) electrons.